The van der Waals surface area contributed by atoms with Crippen LogP contribution in [0.1, 0.15) is 0 Å². The summed E-state index contributed by atoms with van der Waals surface area (Å²) in [7, 11) is 0. The zero-order valence-corrected chi connectivity index (χ0v) is 11.8. The van der Waals surface area contributed by atoms with E-state index in [1.165, 1.54) is 18.4 Å². The third kappa shape index (κ3) is 3.08. The number of hydrogen-bond acceptors (Lipinski definition) is 2. The van der Waals surface area contributed by atoms with Crippen LogP contribution in [0.2, 0.25) is 0 Å². The van der Waals surface area contributed by atoms with Crippen molar-refractivity contribution in [2.24, 2.45) is 0 Å². The van der Waals surface area contributed by atoms with Gasteiger partial charge >= 0.3 is 6.36 Å². The lowest BCUT2D eigenvalue weighted by Crippen LogP contribution is -2.17. The highest BCUT2D eigenvalue weighted by molar-refractivity contribution is 9.11. The lowest BCUT2D eigenvalue weighted by atomic mass is 10.2. The van der Waals surface area contributed by atoms with Crippen molar-refractivity contribution in [2.45, 2.75) is 6.36 Å². The lowest BCUT2D eigenvalue weighted by Gasteiger charge is -2.11. The number of halogens is 5. The van der Waals surface area contributed by atoms with Gasteiger partial charge in [0.15, 0.2) is 0 Å². The molecule has 2 rings (SSSR count). The van der Waals surface area contributed by atoms with Gasteiger partial charge in [0.1, 0.15) is 11.5 Å². The Morgan fingerprint density at radius 1 is 1.11 bits per heavy atom. The molecule has 0 radical (unpaired) electrons. The lowest BCUT2D eigenvalue weighted by molar-refractivity contribution is -0.274. The monoisotopic (exact) mass is 384 g/mol. The second kappa shape index (κ2) is 4.97. The molecular formula is C11H5Br2F3O2. The number of hydrogen-bond donors (Lipinski definition) is 0. The van der Waals surface area contributed by atoms with Gasteiger partial charge in [0.05, 0.1) is 6.26 Å². The van der Waals surface area contributed by atoms with Gasteiger partial charge in [-0.05, 0) is 56.1 Å². The normalized spacial score (nSPS) is 11.6. The van der Waals surface area contributed by atoms with Crippen LogP contribution in [-0.2, 0) is 0 Å². The van der Waals surface area contributed by atoms with Gasteiger partial charge in [-0.15, -0.1) is 13.2 Å². The standard InChI is InChI=1S/C11H5Br2F3O2/c12-7-4-6(18-11(14,15)16)5-8(13)10(7)9-2-1-3-17-9/h1-5H. The van der Waals surface area contributed by atoms with Crippen LogP contribution in [0, 0.1) is 0 Å². The average molecular weight is 386 g/mol. The molecule has 0 spiro atoms. The number of alkyl halides is 3. The largest absolute Gasteiger partial charge is 0.573 e. The SMILES string of the molecule is FC(F)(F)Oc1cc(Br)c(-c2ccco2)c(Br)c1. The maximum Gasteiger partial charge on any atom is 0.573 e. The van der Waals surface area contributed by atoms with Crippen LogP contribution in [0.4, 0.5) is 13.2 Å². The van der Waals surface area contributed by atoms with E-state index in [1.54, 1.807) is 12.1 Å². The molecule has 0 unspecified atom stereocenters. The second-order valence-corrected chi connectivity index (χ2v) is 5.00. The summed E-state index contributed by atoms with van der Waals surface area (Å²) in [5.41, 5.74) is 0.620. The first-order chi connectivity index (χ1) is 8.37. The first-order valence-electron chi connectivity index (χ1n) is 4.65. The molecule has 2 nitrogen and oxygen atoms in total. The average Bonchev–Trinajstić information content (AvgIpc) is 2.66. The fourth-order valence-electron chi connectivity index (χ4n) is 1.40. The van der Waals surface area contributed by atoms with Crippen LogP contribution in [-0.4, -0.2) is 6.36 Å². The van der Waals surface area contributed by atoms with Gasteiger partial charge in [0.2, 0.25) is 0 Å². The molecule has 0 aliphatic heterocycles. The summed E-state index contributed by atoms with van der Waals surface area (Å²) < 4.78 is 46.2. The molecule has 1 heterocycles. The number of furan rings is 1. The Morgan fingerprint density at radius 2 is 1.72 bits per heavy atom. The van der Waals surface area contributed by atoms with Crippen LogP contribution in [0.25, 0.3) is 11.3 Å². The van der Waals surface area contributed by atoms with Gasteiger partial charge in [-0.3, -0.25) is 0 Å². The van der Waals surface area contributed by atoms with E-state index in [2.05, 4.69) is 36.6 Å². The molecule has 0 aliphatic rings. The van der Waals surface area contributed by atoms with Crippen LogP contribution < -0.4 is 4.74 Å². The molecule has 0 saturated heterocycles. The zero-order valence-electron chi connectivity index (χ0n) is 8.59. The summed E-state index contributed by atoms with van der Waals surface area (Å²) in [6.45, 7) is 0. The molecule has 1 aromatic carbocycles. The molecule has 96 valence electrons. The van der Waals surface area contributed by atoms with Crippen LogP contribution in [0.3, 0.4) is 0 Å². The van der Waals surface area contributed by atoms with Crippen LogP contribution in [0.5, 0.6) is 5.75 Å². The Balaban J connectivity index is 2.42. The quantitative estimate of drug-likeness (QED) is 0.693. The van der Waals surface area contributed by atoms with E-state index in [0.29, 0.717) is 20.3 Å². The van der Waals surface area contributed by atoms with E-state index in [-0.39, 0.29) is 5.75 Å². The molecular weight excluding hydrogens is 381 g/mol. The summed E-state index contributed by atoms with van der Waals surface area (Å²) in [6.07, 6.45) is -3.24. The number of rotatable bonds is 2. The summed E-state index contributed by atoms with van der Waals surface area (Å²) in [6, 6.07) is 5.86. The molecule has 0 saturated carbocycles. The van der Waals surface area contributed by atoms with Crippen molar-refractivity contribution in [1.29, 1.82) is 0 Å². The molecule has 2 aromatic rings. The molecule has 0 amide bonds. The predicted molar refractivity (Wildman–Crippen MR) is 66.2 cm³/mol. The Hall–Kier alpha value is -0.950. The molecule has 7 heteroatoms. The Kier molecular flexibility index (Phi) is 3.72. The van der Waals surface area contributed by atoms with Gasteiger partial charge in [-0.2, -0.15) is 0 Å². The summed E-state index contributed by atoms with van der Waals surface area (Å²) in [5.74, 6) is 0.226. The third-order valence-electron chi connectivity index (χ3n) is 2.02. The minimum absolute atomic E-state index is 0.309. The maximum atomic E-state index is 12.1. The molecule has 0 aliphatic carbocycles. The first-order valence-corrected chi connectivity index (χ1v) is 6.24. The number of benzene rings is 1. The molecule has 18 heavy (non-hydrogen) atoms. The Labute approximate surface area is 117 Å². The van der Waals surface area contributed by atoms with Gasteiger partial charge in [-0.25, -0.2) is 0 Å². The van der Waals surface area contributed by atoms with E-state index in [1.807, 2.05) is 0 Å². The minimum Gasteiger partial charge on any atom is -0.464 e. The van der Waals surface area contributed by atoms with Crippen molar-refractivity contribution in [3.8, 4) is 17.1 Å². The highest BCUT2D eigenvalue weighted by Crippen LogP contribution is 2.39. The molecule has 0 atom stereocenters. The molecule has 0 bridgehead atoms. The summed E-state index contributed by atoms with van der Waals surface area (Å²) in [4.78, 5) is 0. The summed E-state index contributed by atoms with van der Waals surface area (Å²) in [5, 5.41) is 0. The fraction of sp³-hybridized carbons (Fsp3) is 0.0909. The zero-order chi connectivity index (χ0) is 13.3. The van der Waals surface area contributed by atoms with Crippen LogP contribution in [0.15, 0.2) is 43.9 Å². The highest BCUT2D eigenvalue weighted by Gasteiger charge is 2.31. The predicted octanol–water partition coefficient (Wildman–Crippen LogP) is 5.37. The topological polar surface area (TPSA) is 22.4 Å². The van der Waals surface area contributed by atoms with Gasteiger partial charge < -0.3 is 9.15 Å². The van der Waals surface area contributed by atoms with Gasteiger partial charge in [-0.1, -0.05) is 0 Å². The fourth-order valence-corrected chi connectivity index (χ4v) is 2.93. The van der Waals surface area contributed by atoms with Gasteiger partial charge in [0, 0.05) is 14.5 Å². The van der Waals surface area contributed by atoms with Crippen molar-refractivity contribution in [3.05, 3.63) is 39.5 Å². The van der Waals surface area contributed by atoms with Crippen molar-refractivity contribution in [1.82, 2.24) is 0 Å². The second-order valence-electron chi connectivity index (χ2n) is 3.29. The molecule has 0 fully saturated rings. The Bertz CT molecular complexity index is 527. The van der Waals surface area contributed by atoms with E-state index < -0.39 is 6.36 Å². The first kappa shape index (κ1) is 13.5. The molecule has 1 aromatic heterocycles. The van der Waals surface area contributed by atoms with E-state index in [9.17, 15) is 13.2 Å². The van der Waals surface area contributed by atoms with Crippen molar-refractivity contribution in [3.63, 3.8) is 0 Å². The van der Waals surface area contributed by atoms with Crippen molar-refractivity contribution >= 4 is 31.9 Å². The van der Waals surface area contributed by atoms with E-state index >= 15 is 0 Å². The minimum atomic E-state index is -4.72. The smallest absolute Gasteiger partial charge is 0.464 e. The van der Waals surface area contributed by atoms with E-state index in [0.717, 1.165) is 0 Å². The highest BCUT2D eigenvalue weighted by atomic mass is 79.9. The number of ether oxygens (including phenoxy) is 1. The summed E-state index contributed by atoms with van der Waals surface area (Å²) >= 11 is 6.38. The van der Waals surface area contributed by atoms with Crippen molar-refractivity contribution < 1.29 is 22.3 Å². The van der Waals surface area contributed by atoms with Crippen molar-refractivity contribution in [2.75, 3.05) is 0 Å². The maximum absolute atomic E-state index is 12.1. The Morgan fingerprint density at radius 3 is 2.17 bits per heavy atom. The van der Waals surface area contributed by atoms with E-state index in [4.69, 9.17) is 4.42 Å². The molecule has 0 N–H and O–H groups in total. The van der Waals surface area contributed by atoms with Crippen LogP contribution >= 0.6 is 31.9 Å². The van der Waals surface area contributed by atoms with Gasteiger partial charge in [0.25, 0.3) is 0 Å². The third-order valence-corrected chi connectivity index (χ3v) is 3.27.